The van der Waals surface area contributed by atoms with Gasteiger partial charge in [0.2, 0.25) is 0 Å². The molecular weight excluding hydrogens is 328 g/mol. The summed E-state index contributed by atoms with van der Waals surface area (Å²) in [6.07, 6.45) is 4.12. The highest BCUT2D eigenvalue weighted by Gasteiger charge is 2.54. The second kappa shape index (κ2) is 5.91. The van der Waals surface area contributed by atoms with Gasteiger partial charge in [-0.1, -0.05) is 12.5 Å². The molecule has 0 bridgehead atoms. The molecule has 132 valence electrons. The van der Waals surface area contributed by atoms with Crippen LogP contribution in [0.4, 0.5) is 8.78 Å². The van der Waals surface area contributed by atoms with E-state index in [-0.39, 0.29) is 11.5 Å². The minimum atomic E-state index is -0.731. The standard InChI is InChI=1S/C18H19F2N3O2/c19-13-4-1-5-14(20)15(13)16-11(7-21-22-16)8-23-9-12-3-2-6-18(12,10-23)17(24)25/h1,4-5,7,12H,2-3,6,8-10H2,(H,21,22)(H,24,25)/t12-,18+/m0/s1. The molecule has 7 heteroatoms. The molecule has 2 heterocycles. The molecule has 1 aromatic carbocycles. The molecule has 2 fully saturated rings. The number of nitrogens with zero attached hydrogens (tertiary/aromatic N) is 2. The molecule has 1 aliphatic heterocycles. The van der Waals surface area contributed by atoms with Gasteiger partial charge in [0, 0.05) is 25.2 Å². The molecular formula is C18H19F2N3O2. The van der Waals surface area contributed by atoms with Crippen LogP contribution in [0.25, 0.3) is 11.3 Å². The van der Waals surface area contributed by atoms with Gasteiger partial charge in [-0.25, -0.2) is 8.78 Å². The van der Waals surface area contributed by atoms with E-state index in [4.69, 9.17) is 0 Å². The van der Waals surface area contributed by atoms with Crippen molar-refractivity contribution in [3.8, 4) is 11.3 Å². The van der Waals surface area contributed by atoms with Crippen LogP contribution in [0.5, 0.6) is 0 Å². The van der Waals surface area contributed by atoms with Crippen molar-refractivity contribution in [1.82, 2.24) is 15.1 Å². The van der Waals surface area contributed by atoms with E-state index in [1.54, 1.807) is 6.20 Å². The Labute approximate surface area is 143 Å². The van der Waals surface area contributed by atoms with E-state index in [2.05, 4.69) is 15.1 Å². The third-order valence-corrected chi connectivity index (χ3v) is 5.69. The number of hydrogen-bond donors (Lipinski definition) is 2. The van der Waals surface area contributed by atoms with Gasteiger partial charge in [-0.3, -0.25) is 14.8 Å². The Hall–Kier alpha value is -2.28. The first kappa shape index (κ1) is 16.2. The lowest BCUT2D eigenvalue weighted by molar-refractivity contribution is -0.149. The van der Waals surface area contributed by atoms with Crippen LogP contribution in [0.2, 0.25) is 0 Å². The van der Waals surface area contributed by atoms with E-state index in [1.165, 1.54) is 18.2 Å². The highest BCUT2D eigenvalue weighted by Crippen LogP contribution is 2.49. The number of fused-ring (bicyclic) bond motifs is 1. The van der Waals surface area contributed by atoms with Crippen molar-refractivity contribution in [2.24, 2.45) is 11.3 Å². The molecule has 2 atom stereocenters. The van der Waals surface area contributed by atoms with Gasteiger partial charge in [-0.05, 0) is 30.9 Å². The second-order valence-electron chi connectivity index (χ2n) is 7.09. The Kier molecular flexibility index (Phi) is 3.83. The Bertz CT molecular complexity index is 802. The molecule has 0 unspecified atom stereocenters. The molecule has 0 amide bonds. The maximum Gasteiger partial charge on any atom is 0.311 e. The summed E-state index contributed by atoms with van der Waals surface area (Å²) in [6, 6.07) is 3.74. The largest absolute Gasteiger partial charge is 0.481 e. The van der Waals surface area contributed by atoms with Gasteiger partial charge in [0.1, 0.15) is 11.6 Å². The fraction of sp³-hybridized carbons (Fsp3) is 0.444. The molecule has 2 N–H and O–H groups in total. The molecule has 5 nitrogen and oxygen atoms in total. The van der Waals surface area contributed by atoms with Crippen molar-refractivity contribution >= 4 is 5.97 Å². The molecule has 2 aromatic rings. The van der Waals surface area contributed by atoms with E-state index < -0.39 is 23.0 Å². The van der Waals surface area contributed by atoms with E-state index >= 15 is 0 Å². The van der Waals surface area contributed by atoms with Crippen LogP contribution < -0.4 is 0 Å². The highest BCUT2D eigenvalue weighted by atomic mass is 19.1. The fourth-order valence-corrected chi connectivity index (χ4v) is 4.49. The number of H-pyrrole nitrogens is 1. The molecule has 1 saturated carbocycles. The summed E-state index contributed by atoms with van der Waals surface area (Å²) in [4.78, 5) is 13.8. The minimum Gasteiger partial charge on any atom is -0.481 e. The number of nitrogens with one attached hydrogen (secondary N) is 1. The topological polar surface area (TPSA) is 69.2 Å². The molecule has 2 aliphatic rings. The number of likely N-dealkylation sites (tertiary alicyclic amines) is 1. The highest BCUT2D eigenvalue weighted by molar-refractivity contribution is 5.76. The smallest absolute Gasteiger partial charge is 0.311 e. The number of aliphatic carboxylic acids is 1. The van der Waals surface area contributed by atoms with Gasteiger partial charge in [-0.15, -0.1) is 0 Å². The Morgan fingerprint density at radius 3 is 2.84 bits per heavy atom. The SMILES string of the molecule is O=C(O)[C@@]12CCC[C@H]1CN(Cc1cn[nH]c1-c1c(F)cccc1F)C2. The second-order valence-corrected chi connectivity index (χ2v) is 7.09. The quantitative estimate of drug-likeness (QED) is 0.892. The predicted molar refractivity (Wildman–Crippen MR) is 86.6 cm³/mol. The minimum absolute atomic E-state index is 0.123. The van der Waals surface area contributed by atoms with Crippen molar-refractivity contribution in [3.63, 3.8) is 0 Å². The molecule has 1 aromatic heterocycles. The number of halogens is 2. The van der Waals surface area contributed by atoms with Crippen molar-refractivity contribution in [1.29, 1.82) is 0 Å². The van der Waals surface area contributed by atoms with Crippen LogP contribution in [0, 0.1) is 23.0 Å². The molecule has 0 radical (unpaired) electrons. The summed E-state index contributed by atoms with van der Waals surface area (Å²) in [5, 5.41) is 16.3. The summed E-state index contributed by atoms with van der Waals surface area (Å²) in [7, 11) is 0. The Morgan fingerprint density at radius 1 is 1.40 bits per heavy atom. The molecule has 1 saturated heterocycles. The van der Waals surface area contributed by atoms with Crippen molar-refractivity contribution in [3.05, 3.63) is 41.6 Å². The first-order valence-electron chi connectivity index (χ1n) is 8.43. The van der Waals surface area contributed by atoms with Gasteiger partial charge in [0.25, 0.3) is 0 Å². The molecule has 1 aliphatic carbocycles. The van der Waals surface area contributed by atoms with Gasteiger partial charge in [-0.2, -0.15) is 5.10 Å². The lowest BCUT2D eigenvalue weighted by Crippen LogP contribution is -2.35. The van der Waals surface area contributed by atoms with Crippen LogP contribution in [-0.2, 0) is 11.3 Å². The van der Waals surface area contributed by atoms with Crippen LogP contribution in [-0.4, -0.2) is 39.3 Å². The third kappa shape index (κ3) is 2.54. The number of carboxylic acids is 1. The third-order valence-electron chi connectivity index (χ3n) is 5.69. The first-order chi connectivity index (χ1) is 12.0. The number of benzene rings is 1. The van der Waals surface area contributed by atoms with Gasteiger partial charge in [0.15, 0.2) is 0 Å². The zero-order chi connectivity index (χ0) is 17.6. The average molecular weight is 347 g/mol. The summed E-state index contributed by atoms with van der Waals surface area (Å²) in [5.74, 6) is -1.88. The number of carboxylic acid groups (broad SMARTS) is 1. The van der Waals surface area contributed by atoms with Crippen LogP contribution in [0.1, 0.15) is 24.8 Å². The normalized spacial score (nSPS) is 26.1. The number of carbonyl (C=O) groups is 1. The van der Waals surface area contributed by atoms with Gasteiger partial charge < -0.3 is 5.11 Å². The van der Waals surface area contributed by atoms with Crippen LogP contribution >= 0.6 is 0 Å². The lowest BCUT2D eigenvalue weighted by Gasteiger charge is -2.23. The van der Waals surface area contributed by atoms with E-state index in [9.17, 15) is 18.7 Å². The Morgan fingerprint density at radius 2 is 2.16 bits per heavy atom. The number of hydrogen-bond acceptors (Lipinski definition) is 3. The fourth-order valence-electron chi connectivity index (χ4n) is 4.49. The number of rotatable bonds is 4. The molecule has 4 rings (SSSR count). The summed E-state index contributed by atoms with van der Waals surface area (Å²) >= 11 is 0. The zero-order valence-electron chi connectivity index (χ0n) is 13.6. The van der Waals surface area contributed by atoms with Crippen LogP contribution in [0.15, 0.2) is 24.4 Å². The molecule has 25 heavy (non-hydrogen) atoms. The zero-order valence-corrected chi connectivity index (χ0v) is 13.6. The maximum absolute atomic E-state index is 14.1. The van der Waals surface area contributed by atoms with Gasteiger partial charge in [0.05, 0.1) is 22.9 Å². The Balaban J connectivity index is 1.60. The van der Waals surface area contributed by atoms with Gasteiger partial charge >= 0.3 is 5.97 Å². The van der Waals surface area contributed by atoms with Crippen molar-refractivity contribution < 1.29 is 18.7 Å². The average Bonchev–Trinajstić information content (AvgIpc) is 3.22. The summed E-state index contributed by atoms with van der Waals surface area (Å²) in [6.45, 7) is 1.58. The first-order valence-corrected chi connectivity index (χ1v) is 8.43. The predicted octanol–water partition coefficient (Wildman–Crippen LogP) is 3.04. The van der Waals surface area contributed by atoms with E-state index in [0.717, 1.165) is 12.8 Å². The summed E-state index contributed by atoms with van der Waals surface area (Å²) in [5.41, 5.74) is 0.191. The number of aromatic nitrogens is 2. The van der Waals surface area contributed by atoms with Crippen molar-refractivity contribution in [2.45, 2.75) is 25.8 Å². The van der Waals surface area contributed by atoms with Crippen LogP contribution in [0.3, 0.4) is 0 Å². The van der Waals surface area contributed by atoms with E-state index in [0.29, 0.717) is 37.3 Å². The van der Waals surface area contributed by atoms with Crippen molar-refractivity contribution in [2.75, 3.05) is 13.1 Å². The monoisotopic (exact) mass is 347 g/mol. The van der Waals surface area contributed by atoms with E-state index in [1.807, 2.05) is 0 Å². The lowest BCUT2D eigenvalue weighted by atomic mass is 9.81. The molecule has 0 spiro atoms. The number of aromatic amines is 1. The maximum atomic E-state index is 14.1. The summed E-state index contributed by atoms with van der Waals surface area (Å²) < 4.78 is 28.2.